The lowest BCUT2D eigenvalue weighted by Gasteiger charge is -2.13. The van der Waals surface area contributed by atoms with Crippen LogP contribution in [0, 0.1) is 6.92 Å². The van der Waals surface area contributed by atoms with Gasteiger partial charge < -0.3 is 21.9 Å². The van der Waals surface area contributed by atoms with E-state index in [4.69, 9.17) is 33.5 Å². The lowest BCUT2D eigenvalue weighted by atomic mass is 10.1. The van der Waals surface area contributed by atoms with Crippen molar-refractivity contribution >= 4 is 39.0 Å². The van der Waals surface area contributed by atoms with Crippen molar-refractivity contribution in [3.63, 3.8) is 0 Å². The van der Waals surface area contributed by atoms with Gasteiger partial charge in [0.15, 0.2) is 15.8 Å². The summed E-state index contributed by atoms with van der Waals surface area (Å²) in [5, 5.41) is 0.197. The van der Waals surface area contributed by atoms with Gasteiger partial charge in [0.1, 0.15) is 16.4 Å². The minimum Gasteiger partial charge on any atom is -0.454 e. The lowest BCUT2D eigenvalue weighted by Crippen LogP contribution is -2.24. The van der Waals surface area contributed by atoms with Crippen molar-refractivity contribution in [1.29, 1.82) is 0 Å². The van der Waals surface area contributed by atoms with Gasteiger partial charge in [-0.05, 0) is 36.8 Å². The van der Waals surface area contributed by atoms with Gasteiger partial charge >= 0.3 is 0 Å². The van der Waals surface area contributed by atoms with Crippen LogP contribution in [-0.4, -0.2) is 20.3 Å². The minimum atomic E-state index is -3.83. The highest BCUT2D eigenvalue weighted by molar-refractivity contribution is 7.90. The van der Waals surface area contributed by atoms with Crippen LogP contribution in [0.15, 0.2) is 34.2 Å². The number of benzene rings is 2. The number of carbonyl (C=O) groups is 1. The predicted octanol–water partition coefficient (Wildman–Crippen LogP) is 1.72. The van der Waals surface area contributed by atoms with Crippen LogP contribution in [0.25, 0.3) is 0 Å². The minimum absolute atomic E-state index is 0.0263. The molecule has 0 bridgehead atoms. The molecule has 1 aliphatic rings. The molecule has 8 nitrogen and oxygen atoms in total. The van der Waals surface area contributed by atoms with E-state index >= 15 is 0 Å². The van der Waals surface area contributed by atoms with Crippen LogP contribution in [0.4, 0.5) is 5.69 Å². The Morgan fingerprint density at radius 2 is 1.88 bits per heavy atom. The molecule has 2 aromatic carbocycles. The van der Waals surface area contributed by atoms with Gasteiger partial charge in [0.05, 0.1) is 10.8 Å². The number of nitrogens with zero attached hydrogens (tertiary/aromatic N) is 1. The van der Waals surface area contributed by atoms with Gasteiger partial charge in [0.2, 0.25) is 0 Å². The summed E-state index contributed by atoms with van der Waals surface area (Å²) in [6.45, 7) is 1.61. The number of fused-ring (bicyclic) bond motifs is 2. The van der Waals surface area contributed by atoms with E-state index in [1.807, 2.05) is 0 Å². The Hall–Kier alpha value is -2.78. The number of carbonyl (C=O) groups excluding carboxylic acids is 1. The van der Waals surface area contributed by atoms with Gasteiger partial charge in [0, 0.05) is 16.8 Å². The van der Waals surface area contributed by atoms with Crippen LogP contribution in [0.3, 0.4) is 0 Å². The van der Waals surface area contributed by atoms with E-state index in [-0.39, 0.29) is 32.7 Å². The summed E-state index contributed by atoms with van der Waals surface area (Å²) < 4.78 is 31.5. The monoisotopic (exact) mass is 394 g/mol. The van der Waals surface area contributed by atoms with Crippen LogP contribution < -0.4 is 21.9 Å². The van der Waals surface area contributed by atoms with E-state index in [0.29, 0.717) is 16.8 Å². The van der Waals surface area contributed by atoms with Gasteiger partial charge in [-0.15, -0.1) is 0 Å². The highest BCUT2D eigenvalue weighted by Crippen LogP contribution is 2.44. The molecule has 3 rings (SSSR count). The average molecular weight is 395 g/mol. The second-order valence-corrected chi connectivity index (χ2v) is 8.18. The zero-order chi connectivity index (χ0) is 19.2. The topological polar surface area (TPSA) is 151 Å². The highest BCUT2D eigenvalue weighted by atomic mass is 35.5. The molecule has 0 saturated carbocycles. The van der Waals surface area contributed by atoms with Crippen LogP contribution in [-0.2, 0) is 15.6 Å². The maximum absolute atomic E-state index is 12.9. The number of amides is 1. The van der Waals surface area contributed by atoms with E-state index < -0.39 is 21.7 Å². The smallest absolute Gasteiger partial charge is 0.280 e. The Bertz CT molecular complexity index is 1080. The Morgan fingerprint density at radius 1 is 1.19 bits per heavy atom. The first-order chi connectivity index (χ1) is 12.1. The molecule has 0 spiro atoms. The molecule has 0 saturated heterocycles. The second kappa shape index (κ2) is 6.19. The first-order valence-electron chi connectivity index (χ1n) is 7.35. The summed E-state index contributed by atoms with van der Waals surface area (Å²) in [5.74, 6) is -1.24. The quantitative estimate of drug-likeness (QED) is 0.378. The second-order valence-electron chi connectivity index (χ2n) is 5.81. The molecule has 0 unspecified atom stereocenters. The summed E-state index contributed by atoms with van der Waals surface area (Å²) in [6, 6.07) is 5.60. The highest BCUT2D eigenvalue weighted by Gasteiger charge is 2.31. The third-order valence-corrected chi connectivity index (χ3v) is 5.69. The predicted molar refractivity (Wildman–Crippen MR) is 98.1 cm³/mol. The van der Waals surface area contributed by atoms with E-state index in [9.17, 15) is 13.2 Å². The van der Waals surface area contributed by atoms with Gasteiger partial charge in [0.25, 0.3) is 5.91 Å². The number of guanidine groups is 1. The maximum atomic E-state index is 12.9. The molecule has 0 atom stereocenters. The van der Waals surface area contributed by atoms with Crippen molar-refractivity contribution in [3.8, 4) is 11.5 Å². The Morgan fingerprint density at radius 3 is 2.54 bits per heavy atom. The summed E-state index contributed by atoms with van der Waals surface area (Å²) in [7, 11) is -3.83. The molecule has 10 heteroatoms. The fourth-order valence-electron chi connectivity index (χ4n) is 2.69. The molecule has 26 heavy (non-hydrogen) atoms. The first-order valence-corrected chi connectivity index (χ1v) is 9.38. The number of hydrogen-bond acceptors (Lipinski definition) is 5. The molecule has 0 radical (unpaired) electrons. The molecule has 0 aromatic heterocycles. The number of ether oxygens (including phenoxy) is 1. The van der Waals surface area contributed by atoms with Gasteiger partial charge in [-0.1, -0.05) is 11.6 Å². The number of anilines is 1. The van der Waals surface area contributed by atoms with Crippen molar-refractivity contribution in [1.82, 2.24) is 0 Å². The number of halogens is 1. The molecular weight excluding hydrogens is 380 g/mol. The zero-order valence-corrected chi connectivity index (χ0v) is 15.2. The number of hydrogen-bond donors (Lipinski definition) is 3. The van der Waals surface area contributed by atoms with Gasteiger partial charge in [-0.2, -0.15) is 4.99 Å². The van der Waals surface area contributed by atoms with Crippen LogP contribution in [0.5, 0.6) is 11.5 Å². The van der Waals surface area contributed by atoms with Crippen molar-refractivity contribution in [2.45, 2.75) is 17.6 Å². The van der Waals surface area contributed by atoms with Crippen LogP contribution >= 0.6 is 11.6 Å². The SMILES string of the molecule is Cc1cc(C(=O)N=C(N)N)cc2c1Oc1c(Cl)cc(N)cc1CS2(=O)=O. The number of nitrogens with two attached hydrogens (primary N) is 3. The van der Waals surface area contributed by atoms with E-state index in [1.165, 1.54) is 24.3 Å². The fourth-order valence-corrected chi connectivity index (χ4v) is 4.55. The molecular formula is C16H15ClN4O4S. The Labute approximate surface area is 154 Å². The first kappa shape index (κ1) is 18.0. The van der Waals surface area contributed by atoms with E-state index in [1.54, 1.807) is 6.92 Å². The average Bonchev–Trinajstić information content (AvgIpc) is 2.60. The summed E-state index contributed by atoms with van der Waals surface area (Å²) in [4.78, 5) is 15.4. The maximum Gasteiger partial charge on any atom is 0.280 e. The Kier molecular flexibility index (Phi) is 4.29. The molecule has 1 heterocycles. The van der Waals surface area contributed by atoms with Crippen molar-refractivity contribution in [2.24, 2.45) is 16.5 Å². The molecule has 6 N–H and O–H groups in total. The summed E-state index contributed by atoms with van der Waals surface area (Å²) in [6.07, 6.45) is 0. The summed E-state index contributed by atoms with van der Waals surface area (Å²) in [5.41, 5.74) is 17.3. The number of aryl methyl sites for hydroxylation is 1. The van der Waals surface area contributed by atoms with Crippen molar-refractivity contribution < 1.29 is 17.9 Å². The number of sulfone groups is 1. The standard InChI is InChI=1S/C16H15ClN4O4S/c1-7-2-8(15(22)21-16(19)20)4-12-13(7)25-14-9(6-26(12,23)24)3-10(18)5-11(14)17/h2-5H,6,18H2,1H3,(H4,19,20,21,22). The van der Waals surface area contributed by atoms with E-state index in [2.05, 4.69) is 4.99 Å². The van der Waals surface area contributed by atoms with Crippen LogP contribution in [0.2, 0.25) is 5.02 Å². The summed E-state index contributed by atoms with van der Waals surface area (Å²) >= 11 is 6.17. The molecule has 1 aliphatic heterocycles. The number of aliphatic imine (C=N–C) groups is 1. The zero-order valence-electron chi connectivity index (χ0n) is 13.6. The molecule has 0 fully saturated rings. The lowest BCUT2D eigenvalue weighted by molar-refractivity contribution is 0.100. The van der Waals surface area contributed by atoms with Crippen molar-refractivity contribution in [3.05, 3.63) is 46.0 Å². The molecule has 2 aromatic rings. The van der Waals surface area contributed by atoms with Gasteiger partial charge in [-0.25, -0.2) is 8.42 Å². The van der Waals surface area contributed by atoms with Crippen LogP contribution in [0.1, 0.15) is 21.5 Å². The molecule has 136 valence electrons. The Balaban J connectivity index is 2.24. The molecule has 1 amide bonds. The fraction of sp³-hybridized carbons (Fsp3) is 0.125. The molecule has 0 aliphatic carbocycles. The third kappa shape index (κ3) is 3.18. The largest absolute Gasteiger partial charge is 0.454 e. The number of rotatable bonds is 1. The van der Waals surface area contributed by atoms with E-state index in [0.717, 1.165) is 0 Å². The normalized spacial score (nSPS) is 14.4. The van der Waals surface area contributed by atoms with Gasteiger partial charge in [-0.3, -0.25) is 4.79 Å². The number of nitrogen functional groups attached to an aromatic ring is 1. The van der Waals surface area contributed by atoms with Crippen molar-refractivity contribution in [2.75, 3.05) is 5.73 Å². The third-order valence-electron chi connectivity index (χ3n) is 3.75.